The van der Waals surface area contributed by atoms with Crippen LogP contribution < -0.4 is 15.4 Å². The smallest absolute Gasteiger partial charge is 0.319 e. The first-order valence-corrected chi connectivity index (χ1v) is 17.9. The van der Waals surface area contributed by atoms with Gasteiger partial charge in [-0.3, -0.25) is 0 Å². The van der Waals surface area contributed by atoms with Gasteiger partial charge in [0.15, 0.2) is 6.29 Å². The normalized spacial score (nSPS) is 18.7. The molecule has 4 N–H and O–H groups in total. The van der Waals surface area contributed by atoms with Gasteiger partial charge in [-0.1, -0.05) is 91.9 Å². The van der Waals surface area contributed by atoms with Gasteiger partial charge in [0.05, 0.1) is 25.4 Å². The van der Waals surface area contributed by atoms with Gasteiger partial charge in [-0.15, -0.1) is 0 Å². The fraction of sp³-hybridized carbons (Fsp3) is 0.244. The lowest BCUT2D eigenvalue weighted by Crippen LogP contribution is -2.38. The molecule has 0 aliphatic carbocycles. The van der Waals surface area contributed by atoms with Gasteiger partial charge in [0.1, 0.15) is 11.5 Å². The number of benzene rings is 5. The van der Waals surface area contributed by atoms with Gasteiger partial charge < -0.3 is 35.1 Å². The maximum atomic E-state index is 12.7. The van der Waals surface area contributed by atoms with Crippen LogP contribution in [0.25, 0.3) is 11.1 Å². The van der Waals surface area contributed by atoms with Crippen molar-refractivity contribution in [2.24, 2.45) is 5.92 Å². The van der Waals surface area contributed by atoms with Crippen LogP contribution in [0.2, 0.25) is 0 Å². The molecule has 258 valence electrons. The van der Waals surface area contributed by atoms with Crippen molar-refractivity contribution in [3.63, 3.8) is 0 Å². The van der Waals surface area contributed by atoms with Gasteiger partial charge in [-0.2, -0.15) is 11.8 Å². The van der Waals surface area contributed by atoms with Gasteiger partial charge >= 0.3 is 6.03 Å². The second-order valence-corrected chi connectivity index (χ2v) is 13.3. The van der Waals surface area contributed by atoms with E-state index in [4.69, 9.17) is 14.2 Å². The molecule has 1 aliphatic rings. The molecule has 2 amide bonds. The van der Waals surface area contributed by atoms with E-state index in [1.54, 1.807) is 23.9 Å². The lowest BCUT2D eigenvalue weighted by Gasteiger charge is -2.41. The number of hydrogen-bond donors (Lipinski definition) is 4. The summed E-state index contributed by atoms with van der Waals surface area (Å²) in [5.74, 6) is 2.93. The number of hydrogen-bond acceptors (Lipinski definition) is 7. The van der Waals surface area contributed by atoms with Crippen molar-refractivity contribution >= 4 is 23.5 Å². The minimum absolute atomic E-state index is 0.00374. The molecule has 0 aromatic heterocycles. The van der Waals surface area contributed by atoms with Crippen LogP contribution in [0, 0.1) is 5.92 Å². The zero-order valence-corrected chi connectivity index (χ0v) is 28.7. The maximum Gasteiger partial charge on any atom is 0.319 e. The SMILES string of the molecule is CC1C(CSCCO)OC(c2ccc(-c3cccc(CNC(=O)Nc4ccc(Oc5ccccc5)cc4)c3)cc2)OC1c1ccc(CO)cc1. The van der Waals surface area contributed by atoms with Gasteiger partial charge in [0.2, 0.25) is 0 Å². The standard InChI is InChI=1S/C41H42N2O6S/c1-28-38(27-50-23-22-44)48-40(49-39(28)32-12-10-29(26-45)11-13-32)33-16-14-31(15-17-33)34-7-5-6-30(24-34)25-42-41(46)43-35-18-20-37(21-19-35)47-36-8-3-2-4-9-36/h2-21,24,28,38-40,44-45H,22-23,25-27H2,1H3,(H2,42,43,46). The number of carbonyl (C=O) groups is 1. The molecule has 4 unspecified atom stereocenters. The second kappa shape index (κ2) is 17.3. The molecule has 5 aromatic rings. The summed E-state index contributed by atoms with van der Waals surface area (Å²) in [7, 11) is 0. The van der Waals surface area contributed by atoms with Crippen LogP contribution in [-0.4, -0.2) is 40.5 Å². The van der Waals surface area contributed by atoms with Crippen LogP contribution >= 0.6 is 11.8 Å². The molecule has 5 aromatic carbocycles. The summed E-state index contributed by atoms with van der Waals surface area (Å²) < 4.78 is 18.9. The average molecular weight is 691 g/mol. The number of nitrogens with one attached hydrogen (secondary N) is 2. The topological polar surface area (TPSA) is 109 Å². The van der Waals surface area contributed by atoms with Crippen LogP contribution in [0.5, 0.6) is 11.5 Å². The van der Waals surface area contributed by atoms with Crippen LogP contribution in [-0.2, 0) is 22.6 Å². The number of carbonyl (C=O) groups excluding carboxylic acids is 1. The minimum Gasteiger partial charge on any atom is -0.457 e. The third kappa shape index (κ3) is 9.32. The van der Waals surface area contributed by atoms with Crippen molar-refractivity contribution < 1.29 is 29.2 Å². The van der Waals surface area contributed by atoms with Crippen molar-refractivity contribution in [1.82, 2.24) is 5.32 Å². The Morgan fingerprint density at radius 1 is 0.760 bits per heavy atom. The zero-order valence-electron chi connectivity index (χ0n) is 27.9. The van der Waals surface area contributed by atoms with Gasteiger partial charge in [-0.25, -0.2) is 4.79 Å². The molecule has 6 rings (SSSR count). The molecule has 1 aliphatic heterocycles. The summed E-state index contributed by atoms with van der Waals surface area (Å²) in [5.41, 5.74) is 6.52. The highest BCUT2D eigenvalue weighted by atomic mass is 32.2. The number of rotatable bonds is 13. The van der Waals surface area contributed by atoms with E-state index in [0.29, 0.717) is 23.7 Å². The zero-order chi connectivity index (χ0) is 34.7. The quantitative estimate of drug-likeness (QED) is 0.0918. The monoisotopic (exact) mass is 690 g/mol. The Morgan fingerprint density at radius 3 is 2.20 bits per heavy atom. The van der Waals surface area contributed by atoms with E-state index in [1.807, 2.05) is 97.1 Å². The van der Waals surface area contributed by atoms with Crippen molar-refractivity contribution in [3.8, 4) is 22.6 Å². The lowest BCUT2D eigenvalue weighted by molar-refractivity contribution is -0.268. The van der Waals surface area contributed by atoms with Gasteiger partial charge in [0, 0.05) is 35.2 Å². The summed E-state index contributed by atoms with van der Waals surface area (Å²) in [4.78, 5) is 12.7. The molecular weight excluding hydrogens is 649 g/mol. The van der Waals surface area contributed by atoms with E-state index in [1.165, 1.54) is 0 Å². The molecule has 0 saturated carbocycles. The lowest BCUT2D eigenvalue weighted by atomic mass is 9.91. The number of para-hydroxylation sites is 1. The summed E-state index contributed by atoms with van der Waals surface area (Å²) in [6.45, 7) is 2.63. The average Bonchev–Trinajstić information content (AvgIpc) is 3.16. The number of thioether (sulfide) groups is 1. The maximum absolute atomic E-state index is 12.7. The summed E-state index contributed by atoms with van der Waals surface area (Å²) >= 11 is 1.67. The Balaban J connectivity index is 1.07. The van der Waals surface area contributed by atoms with E-state index in [0.717, 1.165) is 44.9 Å². The van der Waals surface area contributed by atoms with Crippen molar-refractivity contribution in [2.75, 3.05) is 23.4 Å². The summed E-state index contributed by atoms with van der Waals surface area (Å²) in [5, 5.41) is 24.6. The molecule has 0 radical (unpaired) electrons. The van der Waals surface area contributed by atoms with Crippen LogP contribution in [0.1, 0.15) is 41.6 Å². The van der Waals surface area contributed by atoms with Crippen LogP contribution in [0.3, 0.4) is 0 Å². The fourth-order valence-electron chi connectivity index (χ4n) is 5.86. The fourth-order valence-corrected chi connectivity index (χ4v) is 6.77. The van der Waals surface area contributed by atoms with Gasteiger partial charge in [-0.05, 0) is 70.3 Å². The predicted octanol–water partition coefficient (Wildman–Crippen LogP) is 8.48. The highest BCUT2D eigenvalue weighted by Crippen LogP contribution is 2.42. The molecule has 0 bridgehead atoms. The largest absolute Gasteiger partial charge is 0.457 e. The third-order valence-corrected chi connectivity index (χ3v) is 9.66. The molecule has 50 heavy (non-hydrogen) atoms. The first kappa shape index (κ1) is 35.2. The number of aliphatic hydroxyl groups excluding tert-OH is 2. The Kier molecular flexibility index (Phi) is 12.2. The Hall–Kier alpha value is -4.64. The van der Waals surface area contributed by atoms with Crippen LogP contribution in [0.15, 0.2) is 127 Å². The summed E-state index contributed by atoms with van der Waals surface area (Å²) in [6, 6.07) is 40.7. The predicted molar refractivity (Wildman–Crippen MR) is 198 cm³/mol. The van der Waals surface area contributed by atoms with E-state index < -0.39 is 6.29 Å². The Morgan fingerprint density at radius 2 is 1.48 bits per heavy atom. The van der Waals surface area contributed by atoms with Crippen molar-refractivity contribution in [2.45, 2.75) is 38.6 Å². The Bertz CT molecular complexity index is 1800. The van der Waals surface area contributed by atoms with Gasteiger partial charge in [0.25, 0.3) is 0 Å². The molecule has 0 spiro atoms. The van der Waals surface area contributed by atoms with E-state index >= 15 is 0 Å². The number of urea groups is 1. The van der Waals surface area contributed by atoms with E-state index in [9.17, 15) is 15.0 Å². The highest BCUT2D eigenvalue weighted by molar-refractivity contribution is 7.99. The Labute approximate surface area is 297 Å². The number of amides is 2. The number of anilines is 1. The van der Waals surface area contributed by atoms with E-state index in [-0.39, 0.29) is 37.4 Å². The number of ether oxygens (including phenoxy) is 3. The van der Waals surface area contributed by atoms with Crippen molar-refractivity contribution in [1.29, 1.82) is 0 Å². The second-order valence-electron chi connectivity index (χ2n) is 12.2. The van der Waals surface area contributed by atoms with Crippen molar-refractivity contribution in [3.05, 3.63) is 150 Å². The minimum atomic E-state index is -0.552. The number of aliphatic hydroxyl groups is 2. The molecule has 1 fully saturated rings. The molecule has 8 nitrogen and oxygen atoms in total. The summed E-state index contributed by atoms with van der Waals surface area (Å²) in [6.07, 6.45) is -0.804. The first-order chi connectivity index (χ1) is 24.5. The molecule has 1 heterocycles. The highest BCUT2D eigenvalue weighted by Gasteiger charge is 2.38. The molecule has 1 saturated heterocycles. The van der Waals surface area contributed by atoms with E-state index in [2.05, 4.69) is 35.8 Å². The third-order valence-electron chi connectivity index (χ3n) is 8.63. The van der Waals surface area contributed by atoms with Crippen LogP contribution in [0.4, 0.5) is 10.5 Å². The molecule has 9 heteroatoms. The first-order valence-electron chi connectivity index (χ1n) is 16.8. The molecule has 4 atom stereocenters. The molecular formula is C41H42N2O6S.